The zero-order chi connectivity index (χ0) is 15.2. The highest BCUT2D eigenvalue weighted by atomic mass is 16.2. The van der Waals surface area contributed by atoms with Crippen LogP contribution in [0.1, 0.15) is 37.2 Å². The highest BCUT2D eigenvalue weighted by Crippen LogP contribution is 2.27. The molecule has 0 spiro atoms. The van der Waals surface area contributed by atoms with Crippen LogP contribution in [0.15, 0.2) is 36.7 Å². The van der Waals surface area contributed by atoms with Gasteiger partial charge in [0.25, 0.3) is 0 Å². The second-order valence-corrected chi connectivity index (χ2v) is 5.77. The molecule has 2 aromatic rings. The molecule has 3 rings (SSSR count). The number of benzene rings is 1. The van der Waals surface area contributed by atoms with Crippen molar-refractivity contribution in [2.45, 2.75) is 38.1 Å². The summed E-state index contributed by atoms with van der Waals surface area (Å²) in [5, 5.41) is 11.0. The van der Waals surface area contributed by atoms with Crippen molar-refractivity contribution < 1.29 is 4.79 Å². The Bertz CT molecular complexity index is 584. The van der Waals surface area contributed by atoms with Gasteiger partial charge in [-0.05, 0) is 35.3 Å². The van der Waals surface area contributed by atoms with Gasteiger partial charge in [-0.1, -0.05) is 30.3 Å². The molecule has 1 fully saturated rings. The highest BCUT2D eigenvalue weighted by molar-refractivity contribution is 5.76. The molecule has 0 bridgehead atoms. The Labute approximate surface area is 130 Å². The number of rotatable bonds is 5. The Morgan fingerprint density at radius 1 is 1.27 bits per heavy atom. The first-order valence-corrected chi connectivity index (χ1v) is 7.86. The van der Waals surface area contributed by atoms with Crippen molar-refractivity contribution in [1.82, 2.24) is 25.1 Å². The molecule has 0 aliphatic carbocycles. The maximum Gasteiger partial charge on any atom is 0.222 e. The van der Waals surface area contributed by atoms with Gasteiger partial charge in [-0.15, -0.1) is 5.10 Å². The van der Waals surface area contributed by atoms with E-state index >= 15 is 0 Å². The Balaban J connectivity index is 1.49. The summed E-state index contributed by atoms with van der Waals surface area (Å²) in [6.45, 7) is 2.41. The van der Waals surface area contributed by atoms with Gasteiger partial charge < -0.3 is 4.90 Å². The third kappa shape index (κ3) is 3.69. The number of nitrogens with zero attached hydrogens (tertiary/aromatic N) is 5. The first-order valence-electron chi connectivity index (χ1n) is 7.86. The minimum Gasteiger partial charge on any atom is -0.342 e. The summed E-state index contributed by atoms with van der Waals surface area (Å²) in [6.07, 6.45) is 5.16. The SMILES string of the molecule is O=C(CCCn1cnnn1)N1CCCC(c2ccccc2)C1. The Morgan fingerprint density at radius 2 is 2.14 bits per heavy atom. The van der Waals surface area contributed by atoms with Gasteiger partial charge in [0.05, 0.1) is 0 Å². The molecule has 1 aliphatic heterocycles. The average molecular weight is 299 g/mol. The molecule has 1 aromatic heterocycles. The van der Waals surface area contributed by atoms with Crippen LogP contribution in [-0.2, 0) is 11.3 Å². The first-order chi connectivity index (χ1) is 10.8. The van der Waals surface area contributed by atoms with Crippen molar-refractivity contribution in [3.05, 3.63) is 42.2 Å². The molecule has 1 amide bonds. The molecule has 0 saturated carbocycles. The lowest BCUT2D eigenvalue weighted by molar-refractivity contribution is -0.132. The van der Waals surface area contributed by atoms with E-state index in [1.165, 1.54) is 12.0 Å². The van der Waals surface area contributed by atoms with Gasteiger partial charge in [-0.2, -0.15) is 0 Å². The van der Waals surface area contributed by atoms with E-state index in [9.17, 15) is 4.79 Å². The fourth-order valence-corrected chi connectivity index (χ4v) is 3.03. The number of amides is 1. The van der Waals surface area contributed by atoms with Crippen LogP contribution in [-0.4, -0.2) is 44.1 Å². The fraction of sp³-hybridized carbons (Fsp3) is 0.500. The molecule has 2 heterocycles. The lowest BCUT2D eigenvalue weighted by Crippen LogP contribution is -2.39. The lowest BCUT2D eigenvalue weighted by atomic mass is 9.90. The molecule has 1 saturated heterocycles. The van der Waals surface area contributed by atoms with E-state index in [0.29, 0.717) is 18.9 Å². The smallest absolute Gasteiger partial charge is 0.222 e. The van der Waals surface area contributed by atoms with Gasteiger partial charge in [-0.3, -0.25) is 4.79 Å². The van der Waals surface area contributed by atoms with Gasteiger partial charge in [0, 0.05) is 32.0 Å². The van der Waals surface area contributed by atoms with Crippen molar-refractivity contribution in [1.29, 1.82) is 0 Å². The number of carbonyl (C=O) groups is 1. The third-order valence-electron chi connectivity index (χ3n) is 4.21. The van der Waals surface area contributed by atoms with Crippen molar-refractivity contribution >= 4 is 5.91 Å². The van der Waals surface area contributed by atoms with Crippen molar-refractivity contribution in [2.24, 2.45) is 0 Å². The molecule has 1 aliphatic rings. The van der Waals surface area contributed by atoms with Crippen LogP contribution < -0.4 is 0 Å². The van der Waals surface area contributed by atoms with Gasteiger partial charge in [-0.25, -0.2) is 4.68 Å². The summed E-state index contributed by atoms with van der Waals surface area (Å²) in [6, 6.07) is 10.5. The second kappa shape index (κ2) is 7.15. The number of hydrogen-bond acceptors (Lipinski definition) is 4. The maximum absolute atomic E-state index is 12.4. The van der Waals surface area contributed by atoms with Crippen LogP contribution in [0.4, 0.5) is 0 Å². The number of hydrogen-bond donors (Lipinski definition) is 0. The summed E-state index contributed by atoms with van der Waals surface area (Å²) in [5.74, 6) is 0.715. The molecule has 1 unspecified atom stereocenters. The second-order valence-electron chi connectivity index (χ2n) is 5.77. The fourth-order valence-electron chi connectivity index (χ4n) is 3.03. The zero-order valence-corrected chi connectivity index (χ0v) is 12.6. The molecule has 6 heteroatoms. The van der Waals surface area contributed by atoms with E-state index in [4.69, 9.17) is 0 Å². The van der Waals surface area contributed by atoms with Gasteiger partial charge >= 0.3 is 0 Å². The van der Waals surface area contributed by atoms with Gasteiger partial charge in [0.2, 0.25) is 5.91 Å². The number of carbonyl (C=O) groups excluding carboxylic acids is 1. The number of piperidine rings is 1. The maximum atomic E-state index is 12.4. The van der Waals surface area contributed by atoms with Crippen LogP contribution in [0.3, 0.4) is 0 Å². The summed E-state index contributed by atoms with van der Waals surface area (Å²) >= 11 is 0. The van der Waals surface area contributed by atoms with E-state index in [2.05, 4.69) is 39.8 Å². The predicted molar refractivity (Wildman–Crippen MR) is 82.0 cm³/mol. The predicted octanol–water partition coefficient (Wildman–Crippen LogP) is 1.86. The summed E-state index contributed by atoms with van der Waals surface area (Å²) in [7, 11) is 0. The summed E-state index contributed by atoms with van der Waals surface area (Å²) < 4.78 is 1.66. The van der Waals surface area contributed by atoms with Crippen LogP contribution in [0, 0.1) is 0 Å². The van der Waals surface area contributed by atoms with Gasteiger partial charge in [0.1, 0.15) is 6.33 Å². The Kier molecular flexibility index (Phi) is 4.78. The third-order valence-corrected chi connectivity index (χ3v) is 4.21. The standard InChI is InChI=1S/C16H21N5O/c22-16(9-5-11-21-13-17-18-19-21)20-10-4-8-15(12-20)14-6-2-1-3-7-14/h1-3,6-7,13,15H,4-5,8-12H2. The van der Waals surface area contributed by atoms with Crippen molar-refractivity contribution in [3.63, 3.8) is 0 Å². The molecular formula is C16H21N5O. The minimum absolute atomic E-state index is 0.244. The van der Waals surface area contributed by atoms with Crippen molar-refractivity contribution in [3.8, 4) is 0 Å². The number of likely N-dealkylation sites (tertiary alicyclic amines) is 1. The van der Waals surface area contributed by atoms with E-state index in [-0.39, 0.29) is 5.91 Å². The lowest BCUT2D eigenvalue weighted by Gasteiger charge is -2.33. The first kappa shape index (κ1) is 14.7. The Hall–Kier alpha value is -2.24. The normalized spacial score (nSPS) is 18.4. The van der Waals surface area contributed by atoms with E-state index < -0.39 is 0 Å². The van der Waals surface area contributed by atoms with Crippen LogP contribution in [0.5, 0.6) is 0 Å². The molecule has 116 valence electrons. The van der Waals surface area contributed by atoms with Crippen LogP contribution in [0.2, 0.25) is 0 Å². The van der Waals surface area contributed by atoms with Crippen LogP contribution in [0.25, 0.3) is 0 Å². The molecule has 1 atom stereocenters. The zero-order valence-electron chi connectivity index (χ0n) is 12.6. The number of aromatic nitrogens is 4. The highest BCUT2D eigenvalue weighted by Gasteiger charge is 2.24. The monoisotopic (exact) mass is 299 g/mol. The molecule has 0 radical (unpaired) electrons. The number of tetrazole rings is 1. The van der Waals surface area contributed by atoms with E-state index in [0.717, 1.165) is 25.9 Å². The largest absolute Gasteiger partial charge is 0.342 e. The summed E-state index contributed by atoms with van der Waals surface area (Å²) in [4.78, 5) is 14.4. The van der Waals surface area contributed by atoms with Crippen molar-refractivity contribution in [2.75, 3.05) is 13.1 Å². The quantitative estimate of drug-likeness (QED) is 0.845. The molecular weight excluding hydrogens is 278 g/mol. The van der Waals surface area contributed by atoms with Crippen LogP contribution >= 0.6 is 0 Å². The molecule has 1 aromatic carbocycles. The topological polar surface area (TPSA) is 63.9 Å². The van der Waals surface area contributed by atoms with E-state index in [1.54, 1.807) is 11.0 Å². The van der Waals surface area contributed by atoms with Gasteiger partial charge in [0.15, 0.2) is 0 Å². The van der Waals surface area contributed by atoms with E-state index in [1.807, 2.05) is 11.0 Å². The minimum atomic E-state index is 0.244. The molecule has 22 heavy (non-hydrogen) atoms. The number of aryl methyl sites for hydroxylation is 1. The molecule has 0 N–H and O–H groups in total. The summed E-state index contributed by atoms with van der Waals surface area (Å²) in [5.41, 5.74) is 1.34. The Morgan fingerprint density at radius 3 is 2.91 bits per heavy atom. The average Bonchev–Trinajstić information content (AvgIpc) is 3.09. The molecule has 6 nitrogen and oxygen atoms in total.